The molecule has 1 saturated heterocycles. The van der Waals surface area contributed by atoms with E-state index in [4.69, 9.17) is 9.47 Å². The molecule has 20 heavy (non-hydrogen) atoms. The Balaban J connectivity index is 2.58. The van der Waals surface area contributed by atoms with E-state index in [1.807, 2.05) is 0 Å². The predicted octanol–water partition coefficient (Wildman–Crippen LogP) is -1.07. The third-order valence-electron chi connectivity index (χ3n) is 3.23. The van der Waals surface area contributed by atoms with Gasteiger partial charge in [-0.25, -0.2) is 0 Å². The molecule has 0 aromatic carbocycles. The molecule has 0 radical (unpaired) electrons. The first kappa shape index (κ1) is 16.9. The lowest BCUT2D eigenvalue weighted by Crippen LogP contribution is -2.48. The largest absolute Gasteiger partial charge is 0.383 e. The summed E-state index contributed by atoms with van der Waals surface area (Å²) in [5.41, 5.74) is 0. The minimum absolute atomic E-state index is 0.399. The average molecular weight is 287 g/mol. The first-order valence-corrected chi connectivity index (χ1v) is 6.97. The zero-order valence-corrected chi connectivity index (χ0v) is 12.4. The SMILES string of the molecule is COCCN(CCOC)C(=O)C(=O)N1CCCNCC1. The first-order chi connectivity index (χ1) is 9.70. The predicted molar refractivity (Wildman–Crippen MR) is 74.4 cm³/mol. The summed E-state index contributed by atoms with van der Waals surface area (Å²) in [5.74, 6) is -0.901. The molecule has 7 nitrogen and oxygen atoms in total. The van der Waals surface area contributed by atoms with Crippen LogP contribution in [0.1, 0.15) is 6.42 Å². The van der Waals surface area contributed by atoms with Crippen molar-refractivity contribution in [2.45, 2.75) is 6.42 Å². The fourth-order valence-electron chi connectivity index (χ4n) is 2.04. The molecular formula is C13H25N3O4. The van der Waals surface area contributed by atoms with Crippen molar-refractivity contribution >= 4 is 11.8 Å². The number of methoxy groups -OCH3 is 2. The lowest BCUT2D eigenvalue weighted by Gasteiger charge is -2.25. The summed E-state index contributed by atoms with van der Waals surface area (Å²) in [6, 6.07) is 0. The lowest BCUT2D eigenvalue weighted by molar-refractivity contribution is -0.152. The Kier molecular flexibility index (Phi) is 8.17. The van der Waals surface area contributed by atoms with E-state index in [0.717, 1.165) is 19.5 Å². The highest BCUT2D eigenvalue weighted by atomic mass is 16.5. The van der Waals surface area contributed by atoms with Crippen molar-refractivity contribution in [2.24, 2.45) is 0 Å². The molecule has 1 N–H and O–H groups in total. The number of ether oxygens (including phenoxy) is 2. The molecule has 7 heteroatoms. The molecule has 2 amide bonds. The third kappa shape index (κ3) is 5.44. The standard InChI is InChI=1S/C13H25N3O4/c1-19-10-8-16(9-11-20-2)13(18)12(17)15-6-3-4-14-5-7-15/h14H,3-11H2,1-2H3. The van der Waals surface area contributed by atoms with Crippen molar-refractivity contribution < 1.29 is 19.1 Å². The van der Waals surface area contributed by atoms with Gasteiger partial charge in [-0.1, -0.05) is 0 Å². The molecule has 1 aliphatic rings. The fraction of sp³-hybridized carbons (Fsp3) is 0.846. The van der Waals surface area contributed by atoms with Crippen molar-refractivity contribution in [3.05, 3.63) is 0 Å². The minimum atomic E-state index is -0.471. The summed E-state index contributed by atoms with van der Waals surface area (Å²) >= 11 is 0. The highest BCUT2D eigenvalue weighted by Gasteiger charge is 2.27. The number of nitrogens with zero attached hydrogens (tertiary/aromatic N) is 2. The zero-order valence-electron chi connectivity index (χ0n) is 12.4. The second kappa shape index (κ2) is 9.68. The molecule has 116 valence electrons. The fourth-order valence-corrected chi connectivity index (χ4v) is 2.04. The summed E-state index contributed by atoms with van der Waals surface area (Å²) in [7, 11) is 3.14. The molecule has 0 aromatic heterocycles. The van der Waals surface area contributed by atoms with Crippen LogP contribution in [0.4, 0.5) is 0 Å². The van der Waals surface area contributed by atoms with E-state index in [2.05, 4.69) is 5.32 Å². The maximum absolute atomic E-state index is 12.3. The van der Waals surface area contributed by atoms with Crippen LogP contribution < -0.4 is 5.32 Å². The normalized spacial score (nSPS) is 15.8. The highest BCUT2D eigenvalue weighted by molar-refractivity contribution is 6.34. The molecule has 0 aromatic rings. The maximum Gasteiger partial charge on any atom is 0.312 e. The van der Waals surface area contributed by atoms with Crippen LogP contribution >= 0.6 is 0 Å². The van der Waals surface area contributed by atoms with E-state index in [9.17, 15) is 9.59 Å². The van der Waals surface area contributed by atoms with Crippen LogP contribution in [-0.2, 0) is 19.1 Å². The average Bonchev–Trinajstić information content (AvgIpc) is 2.75. The van der Waals surface area contributed by atoms with Crippen LogP contribution in [0.2, 0.25) is 0 Å². The molecule has 0 spiro atoms. The Bertz CT molecular complexity index is 296. The van der Waals surface area contributed by atoms with Crippen molar-refractivity contribution in [1.82, 2.24) is 15.1 Å². The van der Waals surface area contributed by atoms with E-state index in [0.29, 0.717) is 39.4 Å². The molecule has 1 aliphatic heterocycles. The number of hydrogen-bond acceptors (Lipinski definition) is 5. The van der Waals surface area contributed by atoms with Crippen LogP contribution in [0, 0.1) is 0 Å². The van der Waals surface area contributed by atoms with Gasteiger partial charge in [0.05, 0.1) is 13.2 Å². The van der Waals surface area contributed by atoms with Gasteiger partial charge in [0.15, 0.2) is 0 Å². The second-order valence-corrected chi connectivity index (χ2v) is 4.67. The monoisotopic (exact) mass is 287 g/mol. The summed E-state index contributed by atoms with van der Waals surface area (Å²) in [6.45, 7) is 4.43. The van der Waals surface area contributed by atoms with E-state index in [-0.39, 0.29) is 0 Å². The maximum atomic E-state index is 12.3. The quantitative estimate of drug-likeness (QED) is 0.630. The Morgan fingerprint density at radius 1 is 1.10 bits per heavy atom. The smallest absolute Gasteiger partial charge is 0.312 e. The van der Waals surface area contributed by atoms with Gasteiger partial charge >= 0.3 is 11.8 Å². The molecule has 1 rings (SSSR count). The van der Waals surface area contributed by atoms with Gasteiger partial charge in [-0.3, -0.25) is 9.59 Å². The van der Waals surface area contributed by atoms with Gasteiger partial charge < -0.3 is 24.6 Å². The van der Waals surface area contributed by atoms with Crippen LogP contribution in [0.25, 0.3) is 0 Å². The molecule has 0 aliphatic carbocycles. The van der Waals surface area contributed by atoms with Gasteiger partial charge in [0.1, 0.15) is 0 Å². The Morgan fingerprint density at radius 3 is 2.35 bits per heavy atom. The van der Waals surface area contributed by atoms with E-state index >= 15 is 0 Å². The second-order valence-electron chi connectivity index (χ2n) is 4.67. The van der Waals surface area contributed by atoms with E-state index in [1.54, 1.807) is 19.1 Å². The molecule has 0 saturated carbocycles. The van der Waals surface area contributed by atoms with E-state index < -0.39 is 11.8 Å². The molecule has 0 atom stereocenters. The number of nitrogens with one attached hydrogen (secondary N) is 1. The van der Waals surface area contributed by atoms with Crippen molar-refractivity contribution in [3.63, 3.8) is 0 Å². The first-order valence-electron chi connectivity index (χ1n) is 6.97. The third-order valence-corrected chi connectivity index (χ3v) is 3.23. The van der Waals surface area contributed by atoms with Gasteiger partial charge in [0.25, 0.3) is 0 Å². The van der Waals surface area contributed by atoms with Crippen LogP contribution in [0.15, 0.2) is 0 Å². The van der Waals surface area contributed by atoms with Crippen LogP contribution in [0.5, 0.6) is 0 Å². The van der Waals surface area contributed by atoms with Crippen LogP contribution in [-0.4, -0.2) is 88.3 Å². The van der Waals surface area contributed by atoms with Gasteiger partial charge in [-0.05, 0) is 13.0 Å². The van der Waals surface area contributed by atoms with Gasteiger partial charge in [0, 0.05) is 46.9 Å². The lowest BCUT2D eigenvalue weighted by atomic mass is 10.3. The number of carbonyl (C=O) groups excluding carboxylic acids is 2. The number of rotatable bonds is 6. The van der Waals surface area contributed by atoms with E-state index in [1.165, 1.54) is 4.90 Å². The molecule has 0 unspecified atom stereocenters. The van der Waals surface area contributed by atoms with Gasteiger partial charge in [-0.15, -0.1) is 0 Å². The Hall–Kier alpha value is -1.18. The van der Waals surface area contributed by atoms with Crippen molar-refractivity contribution in [3.8, 4) is 0 Å². The van der Waals surface area contributed by atoms with Crippen molar-refractivity contribution in [1.29, 1.82) is 0 Å². The Labute approximate surface area is 120 Å². The molecule has 1 heterocycles. The highest BCUT2D eigenvalue weighted by Crippen LogP contribution is 2.01. The summed E-state index contributed by atoms with van der Waals surface area (Å²) in [6.07, 6.45) is 0.870. The summed E-state index contributed by atoms with van der Waals surface area (Å²) in [4.78, 5) is 27.6. The van der Waals surface area contributed by atoms with Crippen molar-refractivity contribution in [2.75, 3.05) is 66.7 Å². The molecule has 0 bridgehead atoms. The number of amides is 2. The number of hydrogen-bond donors (Lipinski definition) is 1. The Morgan fingerprint density at radius 2 is 1.75 bits per heavy atom. The molecule has 1 fully saturated rings. The van der Waals surface area contributed by atoms with Crippen LogP contribution in [0.3, 0.4) is 0 Å². The summed E-state index contributed by atoms with van der Waals surface area (Å²) in [5, 5.41) is 3.21. The zero-order chi connectivity index (χ0) is 14.8. The minimum Gasteiger partial charge on any atom is -0.383 e. The summed E-state index contributed by atoms with van der Waals surface area (Å²) < 4.78 is 9.96. The molecular weight excluding hydrogens is 262 g/mol. The van der Waals surface area contributed by atoms with Gasteiger partial charge in [-0.2, -0.15) is 0 Å². The number of carbonyl (C=O) groups is 2. The van der Waals surface area contributed by atoms with Gasteiger partial charge in [0.2, 0.25) is 0 Å². The topological polar surface area (TPSA) is 71.1 Å².